The van der Waals surface area contributed by atoms with Crippen molar-refractivity contribution in [2.45, 2.75) is 32.4 Å². The molecule has 0 saturated carbocycles. The van der Waals surface area contributed by atoms with Crippen molar-refractivity contribution in [3.63, 3.8) is 0 Å². The summed E-state index contributed by atoms with van der Waals surface area (Å²) in [6.07, 6.45) is 1.23. The Morgan fingerprint density at radius 1 is 1.19 bits per heavy atom. The molecule has 0 aromatic heterocycles. The largest absolute Gasteiger partial charge is 0.445 e. The average Bonchev–Trinajstić information content (AvgIpc) is 2.69. The van der Waals surface area contributed by atoms with Gasteiger partial charge in [0.2, 0.25) is 0 Å². The van der Waals surface area contributed by atoms with E-state index in [1.54, 1.807) is 17.9 Å². The minimum Gasteiger partial charge on any atom is -0.445 e. The second kappa shape index (κ2) is 8.53. The summed E-state index contributed by atoms with van der Waals surface area (Å²) in [7, 11) is 0. The third-order valence-electron chi connectivity index (χ3n) is 4.82. The van der Waals surface area contributed by atoms with E-state index in [1.807, 2.05) is 36.4 Å². The van der Waals surface area contributed by atoms with Crippen molar-refractivity contribution in [3.05, 3.63) is 69.8 Å². The Morgan fingerprint density at radius 3 is 2.56 bits per heavy atom. The topological polar surface area (TPSA) is 84.7 Å². The molecule has 0 bridgehead atoms. The molecular formula is C20H23N3O4. The molecule has 2 aromatic rings. The van der Waals surface area contributed by atoms with E-state index in [2.05, 4.69) is 5.32 Å². The van der Waals surface area contributed by atoms with E-state index in [9.17, 15) is 14.9 Å². The quantitative estimate of drug-likeness (QED) is 0.633. The number of nitro benzene ring substituents is 1. The van der Waals surface area contributed by atoms with Gasteiger partial charge in [-0.2, -0.15) is 0 Å². The molecule has 0 spiro atoms. The lowest BCUT2D eigenvalue weighted by atomic mass is 10.0. The lowest BCUT2D eigenvalue weighted by molar-refractivity contribution is -0.385. The second-order valence-electron chi connectivity index (χ2n) is 6.65. The van der Waals surface area contributed by atoms with Gasteiger partial charge in [0, 0.05) is 36.4 Å². The van der Waals surface area contributed by atoms with Crippen LogP contribution < -0.4 is 5.32 Å². The molecule has 1 saturated heterocycles. The first kappa shape index (κ1) is 18.7. The fourth-order valence-electron chi connectivity index (χ4n) is 3.21. The van der Waals surface area contributed by atoms with Crippen LogP contribution in [0.4, 0.5) is 16.2 Å². The zero-order valence-corrected chi connectivity index (χ0v) is 15.3. The van der Waals surface area contributed by atoms with Crippen molar-refractivity contribution in [2.75, 3.05) is 18.4 Å². The molecule has 0 aliphatic carbocycles. The van der Waals surface area contributed by atoms with Crippen LogP contribution in [0.5, 0.6) is 0 Å². The predicted molar refractivity (Wildman–Crippen MR) is 103 cm³/mol. The van der Waals surface area contributed by atoms with Gasteiger partial charge in [-0.25, -0.2) is 4.79 Å². The number of ether oxygens (including phenoxy) is 1. The number of nitrogens with zero attached hydrogens (tertiary/aromatic N) is 2. The molecule has 1 aliphatic rings. The van der Waals surface area contributed by atoms with Crippen molar-refractivity contribution in [3.8, 4) is 0 Å². The van der Waals surface area contributed by atoms with Crippen LogP contribution in [0.3, 0.4) is 0 Å². The second-order valence-corrected chi connectivity index (χ2v) is 6.65. The highest BCUT2D eigenvalue weighted by Crippen LogP contribution is 2.27. The number of nitrogens with one attached hydrogen (secondary N) is 1. The van der Waals surface area contributed by atoms with Gasteiger partial charge in [0.15, 0.2) is 0 Å². The molecule has 7 nitrogen and oxygen atoms in total. The van der Waals surface area contributed by atoms with Gasteiger partial charge in [0.1, 0.15) is 6.61 Å². The van der Waals surface area contributed by atoms with Gasteiger partial charge in [0.25, 0.3) is 5.69 Å². The maximum absolute atomic E-state index is 12.2. The van der Waals surface area contributed by atoms with E-state index in [0.717, 1.165) is 24.1 Å². The number of amides is 1. The van der Waals surface area contributed by atoms with Crippen LogP contribution in [0.25, 0.3) is 0 Å². The highest BCUT2D eigenvalue weighted by Gasteiger charge is 2.24. The monoisotopic (exact) mass is 369 g/mol. The summed E-state index contributed by atoms with van der Waals surface area (Å²) < 4.78 is 5.37. The summed E-state index contributed by atoms with van der Waals surface area (Å²) >= 11 is 0. The van der Waals surface area contributed by atoms with Gasteiger partial charge < -0.3 is 15.0 Å². The molecule has 0 radical (unpaired) electrons. The molecule has 0 atom stereocenters. The van der Waals surface area contributed by atoms with Crippen molar-refractivity contribution < 1.29 is 14.5 Å². The van der Waals surface area contributed by atoms with Gasteiger partial charge in [-0.3, -0.25) is 10.1 Å². The van der Waals surface area contributed by atoms with E-state index in [-0.39, 0.29) is 29.4 Å². The predicted octanol–water partition coefficient (Wildman–Crippen LogP) is 4.12. The summed E-state index contributed by atoms with van der Waals surface area (Å²) in [6.45, 7) is 3.21. The highest BCUT2D eigenvalue weighted by molar-refractivity contribution is 5.68. The standard InChI is InChI=1S/C20H23N3O4/c1-15-18(8-5-9-19(15)23(25)26)21-17-10-12-22(13-11-17)20(24)27-14-16-6-3-2-4-7-16/h2-9,17,21H,10-14H2,1H3. The number of carbonyl (C=O) groups is 1. The van der Waals surface area contributed by atoms with E-state index in [0.29, 0.717) is 18.7 Å². The first-order valence-electron chi connectivity index (χ1n) is 9.01. The van der Waals surface area contributed by atoms with Crippen LogP contribution in [0.1, 0.15) is 24.0 Å². The fraction of sp³-hybridized carbons (Fsp3) is 0.350. The van der Waals surface area contributed by atoms with E-state index < -0.39 is 0 Å². The smallest absolute Gasteiger partial charge is 0.410 e. The van der Waals surface area contributed by atoms with Crippen LogP contribution in [0, 0.1) is 17.0 Å². The fourth-order valence-corrected chi connectivity index (χ4v) is 3.21. The number of anilines is 1. The zero-order valence-electron chi connectivity index (χ0n) is 15.3. The molecule has 142 valence electrons. The molecule has 1 amide bonds. The Kier molecular flexibility index (Phi) is 5.90. The summed E-state index contributed by atoms with van der Waals surface area (Å²) in [4.78, 5) is 24.6. The Bertz CT molecular complexity index is 802. The summed E-state index contributed by atoms with van der Waals surface area (Å²) in [6, 6.07) is 14.8. The number of rotatable bonds is 5. The molecule has 1 aliphatic heterocycles. The van der Waals surface area contributed by atoms with Gasteiger partial charge in [-0.05, 0) is 31.4 Å². The van der Waals surface area contributed by atoms with Crippen LogP contribution in [-0.4, -0.2) is 35.0 Å². The number of carbonyl (C=O) groups excluding carboxylic acids is 1. The first-order valence-corrected chi connectivity index (χ1v) is 9.01. The number of hydrogen-bond donors (Lipinski definition) is 1. The maximum Gasteiger partial charge on any atom is 0.410 e. The summed E-state index contributed by atoms with van der Waals surface area (Å²) in [5.41, 5.74) is 2.48. The van der Waals surface area contributed by atoms with Crippen LogP contribution in [-0.2, 0) is 11.3 Å². The van der Waals surface area contributed by atoms with Crippen molar-refractivity contribution in [1.82, 2.24) is 4.90 Å². The zero-order chi connectivity index (χ0) is 19.2. The van der Waals surface area contributed by atoms with Crippen molar-refractivity contribution in [2.24, 2.45) is 0 Å². The molecule has 1 heterocycles. The normalized spacial score (nSPS) is 14.6. The van der Waals surface area contributed by atoms with Crippen molar-refractivity contribution in [1.29, 1.82) is 0 Å². The number of likely N-dealkylation sites (tertiary alicyclic amines) is 1. The van der Waals surface area contributed by atoms with Gasteiger partial charge >= 0.3 is 6.09 Å². The van der Waals surface area contributed by atoms with Gasteiger partial charge in [0.05, 0.1) is 4.92 Å². The lowest BCUT2D eigenvalue weighted by Crippen LogP contribution is -2.42. The van der Waals surface area contributed by atoms with Crippen LogP contribution in [0.2, 0.25) is 0 Å². The molecule has 2 aromatic carbocycles. The highest BCUT2D eigenvalue weighted by atomic mass is 16.6. The molecule has 27 heavy (non-hydrogen) atoms. The first-order chi connectivity index (χ1) is 13.0. The Balaban J connectivity index is 1.50. The maximum atomic E-state index is 12.2. The molecular weight excluding hydrogens is 346 g/mol. The molecule has 3 rings (SSSR count). The number of nitro groups is 1. The van der Waals surface area contributed by atoms with Gasteiger partial charge in [-0.1, -0.05) is 36.4 Å². The van der Waals surface area contributed by atoms with Crippen LogP contribution in [0.15, 0.2) is 48.5 Å². The van der Waals surface area contributed by atoms with E-state index in [1.165, 1.54) is 6.07 Å². The van der Waals surface area contributed by atoms with Crippen molar-refractivity contribution >= 4 is 17.5 Å². The average molecular weight is 369 g/mol. The third-order valence-corrected chi connectivity index (χ3v) is 4.82. The number of hydrogen-bond acceptors (Lipinski definition) is 5. The molecule has 7 heteroatoms. The Hall–Kier alpha value is -3.09. The van der Waals surface area contributed by atoms with Gasteiger partial charge in [-0.15, -0.1) is 0 Å². The van der Waals surface area contributed by atoms with E-state index in [4.69, 9.17) is 4.74 Å². The molecule has 1 fully saturated rings. The van der Waals surface area contributed by atoms with E-state index >= 15 is 0 Å². The summed E-state index contributed by atoms with van der Waals surface area (Å²) in [5.74, 6) is 0. The Labute approximate surface area is 158 Å². The third kappa shape index (κ3) is 4.75. The lowest BCUT2D eigenvalue weighted by Gasteiger charge is -2.32. The minimum absolute atomic E-state index is 0.113. The number of piperidine rings is 1. The molecule has 1 N–H and O–H groups in total. The summed E-state index contributed by atoms with van der Waals surface area (Å²) in [5, 5.41) is 14.4. The number of benzene rings is 2. The Morgan fingerprint density at radius 2 is 1.89 bits per heavy atom. The van der Waals surface area contributed by atoms with Crippen LogP contribution >= 0.6 is 0 Å². The SMILES string of the molecule is Cc1c(NC2CCN(C(=O)OCc3ccccc3)CC2)cccc1[N+](=O)[O-]. The molecule has 0 unspecified atom stereocenters. The minimum atomic E-state index is -0.369.